The lowest BCUT2D eigenvalue weighted by atomic mass is 10.1. The van der Waals surface area contributed by atoms with Gasteiger partial charge in [0.25, 0.3) is 0 Å². The quantitative estimate of drug-likeness (QED) is 0.241. The number of nitrogens with zero attached hydrogens (tertiary/aromatic N) is 2. The molecule has 0 aromatic heterocycles. The van der Waals surface area contributed by atoms with E-state index in [0.29, 0.717) is 0 Å². The summed E-state index contributed by atoms with van der Waals surface area (Å²) in [6.07, 6.45) is 15.9. The van der Waals surface area contributed by atoms with Crippen LogP contribution in [0.3, 0.4) is 0 Å². The maximum absolute atomic E-state index is 8.50. The van der Waals surface area contributed by atoms with Gasteiger partial charge < -0.3 is 10.6 Å². The highest BCUT2D eigenvalue weighted by molar-refractivity contribution is 4.80. The van der Waals surface area contributed by atoms with Gasteiger partial charge in [-0.15, -0.1) is 0 Å². The average Bonchev–Trinajstić information content (AvgIpc) is 2.37. The largest absolute Gasteiger partial charge is 0.302 e. The number of nitrogens with one attached hydrogen (secondary N) is 2. The summed E-state index contributed by atoms with van der Waals surface area (Å²) in [7, 11) is 0. The molecule has 0 aromatic rings. The minimum absolute atomic E-state index is 0.190. The van der Waals surface area contributed by atoms with Gasteiger partial charge in [-0.2, -0.15) is 10.5 Å². The Morgan fingerprint density at radius 3 is 1.67 bits per heavy atom. The van der Waals surface area contributed by atoms with Crippen LogP contribution in [0.25, 0.3) is 0 Å². The monoisotopic (exact) mass is 250 g/mol. The third-order valence-electron chi connectivity index (χ3n) is 3.07. The molecular formula is C14H26N4. The van der Waals surface area contributed by atoms with Crippen molar-refractivity contribution in [2.45, 2.75) is 77.3 Å². The number of rotatable bonds is 12. The fraction of sp³-hybridized carbons (Fsp3) is 0.857. The van der Waals surface area contributed by atoms with Gasteiger partial charge in [0, 0.05) is 0 Å². The van der Waals surface area contributed by atoms with Crippen molar-refractivity contribution in [1.29, 1.82) is 10.5 Å². The van der Waals surface area contributed by atoms with E-state index in [0.717, 1.165) is 12.8 Å². The highest BCUT2D eigenvalue weighted by Crippen LogP contribution is 2.10. The molecule has 0 atom stereocenters. The molecule has 2 N–H and O–H groups in total. The topological polar surface area (TPSA) is 71.6 Å². The lowest BCUT2D eigenvalue weighted by molar-refractivity contribution is 0.468. The van der Waals surface area contributed by atoms with Crippen LogP contribution in [0.5, 0.6) is 0 Å². The van der Waals surface area contributed by atoms with E-state index in [9.17, 15) is 0 Å². The molecule has 4 nitrogen and oxygen atoms in total. The Balaban J connectivity index is 3.28. The van der Waals surface area contributed by atoms with Gasteiger partial charge in [0.15, 0.2) is 12.4 Å². The van der Waals surface area contributed by atoms with E-state index in [1.165, 1.54) is 51.4 Å². The average molecular weight is 250 g/mol. The molecule has 0 saturated heterocycles. The maximum atomic E-state index is 8.50. The molecule has 0 unspecified atom stereocenters. The van der Waals surface area contributed by atoms with Crippen LogP contribution in [-0.4, -0.2) is 6.17 Å². The van der Waals surface area contributed by atoms with Crippen molar-refractivity contribution in [3.8, 4) is 12.4 Å². The number of hydrogen-bond donors (Lipinski definition) is 2. The fourth-order valence-corrected chi connectivity index (χ4v) is 2.00. The first-order chi connectivity index (χ1) is 8.85. The van der Waals surface area contributed by atoms with Crippen LogP contribution in [0.2, 0.25) is 0 Å². The normalized spacial score (nSPS) is 9.78. The molecule has 0 aromatic carbocycles. The number of nitriles is 2. The Kier molecular flexibility index (Phi) is 12.6. The standard InChI is InChI=1S/C14H26N4/c1-2-3-4-5-6-7-8-9-10-11-14(17-12-15)18-13-16/h14,17-18H,2-11H2,1H3. The van der Waals surface area contributed by atoms with E-state index >= 15 is 0 Å². The second-order valence-electron chi connectivity index (χ2n) is 4.68. The molecule has 0 aliphatic carbocycles. The predicted molar refractivity (Wildman–Crippen MR) is 73.1 cm³/mol. The summed E-state index contributed by atoms with van der Waals surface area (Å²) in [4.78, 5) is 0. The van der Waals surface area contributed by atoms with Crippen molar-refractivity contribution in [3.05, 3.63) is 0 Å². The molecule has 18 heavy (non-hydrogen) atoms. The van der Waals surface area contributed by atoms with Gasteiger partial charge in [0.05, 0.1) is 0 Å². The summed E-state index contributed by atoms with van der Waals surface area (Å²) in [5.74, 6) is 0. The molecule has 0 aliphatic heterocycles. The summed E-state index contributed by atoms with van der Waals surface area (Å²) < 4.78 is 0. The van der Waals surface area contributed by atoms with Gasteiger partial charge >= 0.3 is 0 Å². The Hall–Kier alpha value is -1.42. The molecule has 0 saturated carbocycles. The molecule has 0 bridgehead atoms. The second-order valence-corrected chi connectivity index (χ2v) is 4.68. The Morgan fingerprint density at radius 1 is 0.778 bits per heavy atom. The first-order valence-electron chi connectivity index (χ1n) is 7.14. The van der Waals surface area contributed by atoms with Crippen LogP contribution < -0.4 is 10.6 Å². The van der Waals surface area contributed by atoms with Gasteiger partial charge in [-0.3, -0.25) is 0 Å². The van der Waals surface area contributed by atoms with Crippen molar-refractivity contribution in [1.82, 2.24) is 10.6 Å². The van der Waals surface area contributed by atoms with E-state index in [2.05, 4.69) is 17.6 Å². The van der Waals surface area contributed by atoms with Crippen LogP contribution in [-0.2, 0) is 0 Å². The zero-order valence-electron chi connectivity index (χ0n) is 11.5. The van der Waals surface area contributed by atoms with Crippen molar-refractivity contribution in [2.24, 2.45) is 0 Å². The third kappa shape index (κ3) is 11.1. The summed E-state index contributed by atoms with van der Waals surface area (Å²) >= 11 is 0. The summed E-state index contributed by atoms with van der Waals surface area (Å²) in [6.45, 7) is 2.24. The smallest absolute Gasteiger partial charge is 0.178 e. The number of hydrogen-bond acceptors (Lipinski definition) is 4. The van der Waals surface area contributed by atoms with Crippen LogP contribution >= 0.6 is 0 Å². The second kappa shape index (κ2) is 13.6. The van der Waals surface area contributed by atoms with Gasteiger partial charge in [0.2, 0.25) is 0 Å². The van der Waals surface area contributed by atoms with Gasteiger partial charge in [-0.1, -0.05) is 58.3 Å². The first kappa shape index (κ1) is 16.6. The van der Waals surface area contributed by atoms with Gasteiger partial charge in [-0.05, 0) is 12.8 Å². The summed E-state index contributed by atoms with van der Waals surface area (Å²) in [5, 5.41) is 22.2. The highest BCUT2D eigenvalue weighted by Gasteiger charge is 2.04. The minimum atomic E-state index is -0.190. The summed E-state index contributed by atoms with van der Waals surface area (Å²) in [5.41, 5.74) is 0. The molecule has 0 rings (SSSR count). The zero-order valence-corrected chi connectivity index (χ0v) is 11.5. The zero-order chi connectivity index (χ0) is 13.5. The van der Waals surface area contributed by atoms with E-state index in [-0.39, 0.29) is 6.17 Å². The molecule has 4 heteroatoms. The number of unbranched alkanes of at least 4 members (excludes halogenated alkanes) is 8. The molecule has 0 fully saturated rings. The molecular weight excluding hydrogens is 224 g/mol. The maximum Gasteiger partial charge on any atom is 0.178 e. The highest BCUT2D eigenvalue weighted by atomic mass is 15.1. The van der Waals surface area contributed by atoms with Crippen LogP contribution in [0.4, 0.5) is 0 Å². The fourth-order valence-electron chi connectivity index (χ4n) is 2.00. The lowest BCUT2D eigenvalue weighted by Crippen LogP contribution is -2.36. The van der Waals surface area contributed by atoms with Crippen LogP contribution in [0.1, 0.15) is 71.1 Å². The Bertz CT molecular complexity index is 236. The molecule has 102 valence electrons. The summed E-state index contributed by atoms with van der Waals surface area (Å²) in [6, 6.07) is 0. The lowest BCUT2D eigenvalue weighted by Gasteiger charge is -2.12. The van der Waals surface area contributed by atoms with Crippen molar-refractivity contribution < 1.29 is 0 Å². The van der Waals surface area contributed by atoms with Crippen molar-refractivity contribution >= 4 is 0 Å². The van der Waals surface area contributed by atoms with Crippen LogP contribution in [0, 0.1) is 22.9 Å². The van der Waals surface area contributed by atoms with Crippen LogP contribution in [0.15, 0.2) is 0 Å². The van der Waals surface area contributed by atoms with Crippen molar-refractivity contribution in [2.75, 3.05) is 0 Å². The Labute approximate surface area is 111 Å². The first-order valence-corrected chi connectivity index (χ1v) is 7.14. The van der Waals surface area contributed by atoms with E-state index < -0.39 is 0 Å². The molecule has 0 radical (unpaired) electrons. The van der Waals surface area contributed by atoms with E-state index in [1.54, 1.807) is 0 Å². The van der Waals surface area contributed by atoms with Gasteiger partial charge in [0.1, 0.15) is 6.17 Å². The minimum Gasteiger partial charge on any atom is -0.302 e. The molecule has 0 spiro atoms. The molecule has 0 aliphatic rings. The third-order valence-corrected chi connectivity index (χ3v) is 3.07. The van der Waals surface area contributed by atoms with Gasteiger partial charge in [-0.25, -0.2) is 0 Å². The van der Waals surface area contributed by atoms with E-state index in [4.69, 9.17) is 10.5 Å². The SMILES string of the molecule is CCCCCCCCCCCC(NC#N)NC#N. The predicted octanol–water partition coefficient (Wildman–Crippen LogP) is 3.37. The Morgan fingerprint density at radius 2 is 1.22 bits per heavy atom. The molecule has 0 heterocycles. The van der Waals surface area contributed by atoms with Crippen molar-refractivity contribution in [3.63, 3.8) is 0 Å². The van der Waals surface area contributed by atoms with E-state index in [1.807, 2.05) is 12.4 Å². The molecule has 0 amide bonds.